The molecule has 2 saturated heterocycles. The smallest absolute Gasteiger partial charge is 0.317 e. The van der Waals surface area contributed by atoms with Gasteiger partial charge in [0.05, 0.1) is 13.2 Å². The standard InChI is InChI=1S/C23H26N4O4/c1-31-19-7-5-18(6-8-19)26-14-17(10-22(26)29)24-23(30)25-11-15-9-16(13-25)20-3-2-4-21(28)27(20)12-15/h2-8,15-17H,9-14H2,1H3,(H,24,30)/t15-,16+,17+/m1/s1. The monoisotopic (exact) mass is 422 g/mol. The highest BCUT2D eigenvalue weighted by molar-refractivity contribution is 5.96. The Morgan fingerprint density at radius 1 is 1.03 bits per heavy atom. The Morgan fingerprint density at radius 3 is 2.61 bits per heavy atom. The number of piperidine rings is 1. The number of fused-ring (bicyclic) bond motifs is 4. The quantitative estimate of drug-likeness (QED) is 0.818. The van der Waals surface area contributed by atoms with Crippen molar-refractivity contribution < 1.29 is 14.3 Å². The third-order valence-corrected chi connectivity index (χ3v) is 6.60. The molecule has 2 aromatic rings. The summed E-state index contributed by atoms with van der Waals surface area (Å²) in [6.07, 6.45) is 1.29. The van der Waals surface area contributed by atoms with E-state index in [0.717, 1.165) is 23.6 Å². The second-order valence-electron chi connectivity index (χ2n) is 8.66. The number of methoxy groups -OCH3 is 1. The van der Waals surface area contributed by atoms with Gasteiger partial charge in [-0.2, -0.15) is 0 Å². The molecule has 3 aliphatic rings. The minimum absolute atomic E-state index is 0.000664. The van der Waals surface area contributed by atoms with Gasteiger partial charge < -0.3 is 24.4 Å². The maximum Gasteiger partial charge on any atom is 0.317 e. The van der Waals surface area contributed by atoms with Crippen LogP contribution in [0.3, 0.4) is 0 Å². The molecule has 8 heteroatoms. The van der Waals surface area contributed by atoms with Crippen molar-refractivity contribution in [2.45, 2.75) is 31.3 Å². The molecule has 0 radical (unpaired) electrons. The molecule has 3 aliphatic heterocycles. The van der Waals surface area contributed by atoms with Crippen LogP contribution in [0.4, 0.5) is 10.5 Å². The van der Waals surface area contributed by atoms with Crippen molar-refractivity contribution in [3.8, 4) is 5.75 Å². The van der Waals surface area contributed by atoms with Gasteiger partial charge in [-0.05, 0) is 42.7 Å². The third-order valence-electron chi connectivity index (χ3n) is 6.60. The summed E-state index contributed by atoms with van der Waals surface area (Å²) in [5.41, 5.74) is 1.85. The first kappa shape index (κ1) is 19.7. The number of ether oxygens (including phenoxy) is 1. The van der Waals surface area contributed by atoms with E-state index in [9.17, 15) is 14.4 Å². The van der Waals surface area contributed by atoms with E-state index in [1.807, 2.05) is 39.8 Å². The van der Waals surface area contributed by atoms with Crippen LogP contribution < -0.4 is 20.5 Å². The predicted molar refractivity (Wildman–Crippen MR) is 115 cm³/mol. The highest BCUT2D eigenvalue weighted by Gasteiger charge is 2.38. The molecule has 8 nitrogen and oxygen atoms in total. The largest absolute Gasteiger partial charge is 0.497 e. The van der Waals surface area contributed by atoms with E-state index in [0.29, 0.717) is 26.2 Å². The van der Waals surface area contributed by atoms with Gasteiger partial charge in [0.1, 0.15) is 5.75 Å². The number of likely N-dealkylation sites (tertiary alicyclic amines) is 1. The molecular formula is C23H26N4O4. The molecule has 2 fully saturated rings. The van der Waals surface area contributed by atoms with Crippen LogP contribution in [0, 0.1) is 5.92 Å². The summed E-state index contributed by atoms with van der Waals surface area (Å²) in [6.45, 7) is 2.33. The lowest BCUT2D eigenvalue weighted by molar-refractivity contribution is -0.117. The molecule has 1 aromatic carbocycles. The number of carbonyl (C=O) groups excluding carboxylic acids is 2. The highest BCUT2D eigenvalue weighted by Crippen LogP contribution is 2.35. The number of carbonyl (C=O) groups is 2. The van der Waals surface area contributed by atoms with Crippen molar-refractivity contribution in [1.29, 1.82) is 0 Å². The number of pyridine rings is 1. The minimum Gasteiger partial charge on any atom is -0.497 e. The molecule has 3 amide bonds. The van der Waals surface area contributed by atoms with Crippen LogP contribution in [0.5, 0.6) is 5.75 Å². The summed E-state index contributed by atoms with van der Waals surface area (Å²) in [7, 11) is 1.60. The fraction of sp³-hybridized carbons (Fsp3) is 0.435. The number of urea groups is 1. The normalized spacial score (nSPS) is 24.7. The molecule has 3 atom stereocenters. The average Bonchev–Trinajstić information content (AvgIpc) is 3.14. The number of nitrogens with zero attached hydrogens (tertiary/aromatic N) is 3. The predicted octanol–water partition coefficient (Wildman–Crippen LogP) is 1.79. The van der Waals surface area contributed by atoms with Gasteiger partial charge in [0.2, 0.25) is 5.91 Å². The zero-order chi connectivity index (χ0) is 21.5. The number of amides is 3. The molecule has 0 unspecified atom stereocenters. The van der Waals surface area contributed by atoms with Crippen molar-refractivity contribution in [3.63, 3.8) is 0 Å². The summed E-state index contributed by atoms with van der Waals surface area (Å²) >= 11 is 0. The number of benzene rings is 1. The van der Waals surface area contributed by atoms with Gasteiger partial charge in [-0.3, -0.25) is 9.59 Å². The van der Waals surface area contributed by atoms with Crippen molar-refractivity contribution in [3.05, 3.63) is 58.5 Å². The number of anilines is 1. The van der Waals surface area contributed by atoms with Crippen LogP contribution in [0.1, 0.15) is 24.5 Å². The van der Waals surface area contributed by atoms with Crippen molar-refractivity contribution in [1.82, 2.24) is 14.8 Å². The van der Waals surface area contributed by atoms with E-state index >= 15 is 0 Å². The molecule has 1 aromatic heterocycles. The first-order valence-corrected chi connectivity index (χ1v) is 10.7. The van der Waals surface area contributed by atoms with Gasteiger partial charge >= 0.3 is 6.03 Å². The Hall–Kier alpha value is -3.29. The Morgan fingerprint density at radius 2 is 1.84 bits per heavy atom. The van der Waals surface area contributed by atoms with Crippen LogP contribution in [-0.2, 0) is 11.3 Å². The van der Waals surface area contributed by atoms with E-state index in [1.54, 1.807) is 24.1 Å². The number of rotatable bonds is 3. The Bertz CT molecular complexity index is 1060. The number of nitrogens with one attached hydrogen (secondary N) is 1. The second kappa shape index (κ2) is 7.76. The summed E-state index contributed by atoms with van der Waals surface area (Å²) in [6, 6.07) is 12.4. The zero-order valence-electron chi connectivity index (χ0n) is 17.5. The summed E-state index contributed by atoms with van der Waals surface area (Å²) in [4.78, 5) is 41.3. The maximum atomic E-state index is 13.0. The van der Waals surface area contributed by atoms with Gasteiger partial charge in [-0.25, -0.2) is 4.79 Å². The Balaban J connectivity index is 1.24. The molecule has 0 spiro atoms. The van der Waals surface area contributed by atoms with Crippen molar-refractivity contribution in [2.24, 2.45) is 5.92 Å². The SMILES string of the molecule is COc1ccc(N2C[C@@H](NC(=O)N3C[C@H]4C[C@@H](C3)c3cccc(=O)n3C4)CC2=O)cc1. The van der Waals surface area contributed by atoms with Gasteiger partial charge in [0.15, 0.2) is 0 Å². The van der Waals surface area contributed by atoms with Crippen LogP contribution in [0.25, 0.3) is 0 Å². The Kier molecular flexibility index (Phi) is 4.92. The number of hydrogen-bond donors (Lipinski definition) is 1. The van der Waals surface area contributed by atoms with Crippen LogP contribution in [0.2, 0.25) is 0 Å². The fourth-order valence-electron chi connectivity index (χ4n) is 5.14. The molecule has 0 aliphatic carbocycles. The third kappa shape index (κ3) is 3.66. The average molecular weight is 422 g/mol. The lowest BCUT2D eigenvalue weighted by atomic mass is 9.83. The molecule has 0 saturated carbocycles. The maximum absolute atomic E-state index is 13.0. The summed E-state index contributed by atoms with van der Waals surface area (Å²) in [5.74, 6) is 1.19. The molecule has 162 valence electrons. The van der Waals surface area contributed by atoms with Crippen molar-refractivity contribution >= 4 is 17.6 Å². The first-order chi connectivity index (χ1) is 15.0. The number of aromatic nitrogens is 1. The lowest BCUT2D eigenvalue weighted by Crippen LogP contribution is -2.53. The van der Waals surface area contributed by atoms with Gasteiger partial charge in [-0.15, -0.1) is 0 Å². The van der Waals surface area contributed by atoms with Gasteiger partial charge in [0.25, 0.3) is 5.56 Å². The summed E-state index contributed by atoms with van der Waals surface area (Å²) < 4.78 is 7.03. The highest BCUT2D eigenvalue weighted by atomic mass is 16.5. The molecular weight excluding hydrogens is 396 g/mol. The molecule has 2 bridgehead atoms. The van der Waals surface area contributed by atoms with E-state index in [1.165, 1.54) is 0 Å². The molecule has 5 rings (SSSR count). The van der Waals surface area contributed by atoms with Crippen LogP contribution in [-0.4, -0.2) is 54.2 Å². The zero-order valence-corrected chi connectivity index (χ0v) is 17.5. The van der Waals surface area contributed by atoms with Crippen molar-refractivity contribution in [2.75, 3.05) is 31.6 Å². The van der Waals surface area contributed by atoms with E-state index in [2.05, 4.69) is 5.32 Å². The number of hydrogen-bond acceptors (Lipinski definition) is 4. The summed E-state index contributed by atoms with van der Waals surface area (Å²) in [5, 5.41) is 3.06. The second-order valence-corrected chi connectivity index (χ2v) is 8.66. The first-order valence-electron chi connectivity index (χ1n) is 10.7. The molecule has 31 heavy (non-hydrogen) atoms. The lowest BCUT2D eigenvalue weighted by Gasteiger charge is -2.42. The van der Waals surface area contributed by atoms with E-state index in [-0.39, 0.29) is 41.8 Å². The van der Waals surface area contributed by atoms with E-state index < -0.39 is 0 Å². The van der Waals surface area contributed by atoms with Crippen LogP contribution >= 0.6 is 0 Å². The van der Waals surface area contributed by atoms with Crippen LogP contribution in [0.15, 0.2) is 47.3 Å². The molecule has 1 N–H and O–H groups in total. The van der Waals surface area contributed by atoms with E-state index in [4.69, 9.17) is 4.74 Å². The van der Waals surface area contributed by atoms with Gasteiger partial charge in [-0.1, -0.05) is 6.07 Å². The topological polar surface area (TPSA) is 83.9 Å². The fourth-order valence-corrected chi connectivity index (χ4v) is 5.14. The van der Waals surface area contributed by atoms with Gasteiger partial charge in [0, 0.05) is 56.0 Å². The Labute approximate surface area is 180 Å². The minimum atomic E-state index is -0.223. The molecule has 4 heterocycles.